The van der Waals surface area contributed by atoms with Gasteiger partial charge >= 0.3 is 6.18 Å². The molecule has 5 N–H and O–H groups in total. The molecule has 3 rings (SSSR count). The molecule has 0 aromatic heterocycles. The number of nitrogens with one attached hydrogen (secondary N) is 3. The lowest BCUT2D eigenvalue weighted by Gasteiger charge is -2.14. The molecular weight excluding hydrogens is 373 g/mol. The second kappa shape index (κ2) is 7.89. The largest absolute Gasteiger partial charge is 0.489 e. The first-order valence-corrected chi connectivity index (χ1v) is 8.55. The fourth-order valence-corrected chi connectivity index (χ4v) is 2.92. The van der Waals surface area contributed by atoms with Gasteiger partial charge in [-0.1, -0.05) is 18.2 Å². The van der Waals surface area contributed by atoms with Crippen LogP contribution in [-0.2, 0) is 11.0 Å². The van der Waals surface area contributed by atoms with Gasteiger partial charge in [-0.15, -0.1) is 0 Å². The summed E-state index contributed by atoms with van der Waals surface area (Å²) >= 11 is 0. The van der Waals surface area contributed by atoms with E-state index in [9.17, 15) is 18.0 Å². The fourth-order valence-electron chi connectivity index (χ4n) is 2.92. The lowest BCUT2D eigenvalue weighted by molar-refractivity contribution is -0.137. The highest BCUT2D eigenvalue weighted by molar-refractivity contribution is 5.95. The van der Waals surface area contributed by atoms with Crippen molar-refractivity contribution in [2.45, 2.75) is 24.7 Å². The first-order chi connectivity index (χ1) is 13.2. The van der Waals surface area contributed by atoms with Crippen LogP contribution in [0.15, 0.2) is 48.5 Å². The van der Waals surface area contributed by atoms with Gasteiger partial charge in [-0.25, -0.2) is 0 Å². The number of hydrogen-bond acceptors (Lipinski definition) is 4. The number of alkyl halides is 3. The zero-order valence-electron chi connectivity index (χ0n) is 14.7. The number of amidine groups is 1. The minimum absolute atomic E-state index is 0.0756. The Morgan fingerprint density at radius 1 is 1.21 bits per heavy atom. The van der Waals surface area contributed by atoms with Crippen molar-refractivity contribution >= 4 is 17.4 Å². The van der Waals surface area contributed by atoms with Gasteiger partial charge in [0.15, 0.2) is 0 Å². The normalized spacial score (nSPS) is 19.2. The summed E-state index contributed by atoms with van der Waals surface area (Å²) in [5.74, 6) is 0.0229. The number of halogens is 3. The average molecular weight is 392 g/mol. The minimum atomic E-state index is -4.47. The van der Waals surface area contributed by atoms with Crippen molar-refractivity contribution in [1.82, 2.24) is 5.32 Å². The molecular formula is C19H19F3N4O2. The summed E-state index contributed by atoms with van der Waals surface area (Å²) < 4.78 is 44.2. The molecule has 1 heterocycles. The van der Waals surface area contributed by atoms with Gasteiger partial charge in [0.1, 0.15) is 17.7 Å². The molecule has 1 fully saturated rings. The molecule has 0 unspecified atom stereocenters. The van der Waals surface area contributed by atoms with E-state index in [1.165, 1.54) is 12.1 Å². The number of benzene rings is 2. The lowest BCUT2D eigenvalue weighted by atomic mass is 10.1. The second-order valence-corrected chi connectivity index (χ2v) is 6.45. The van der Waals surface area contributed by atoms with Gasteiger partial charge in [-0.05, 0) is 30.3 Å². The Morgan fingerprint density at radius 2 is 1.96 bits per heavy atom. The van der Waals surface area contributed by atoms with Gasteiger partial charge in [0.05, 0.1) is 11.6 Å². The smallest absolute Gasteiger partial charge is 0.416 e. The van der Waals surface area contributed by atoms with Crippen molar-refractivity contribution in [3.8, 4) is 5.75 Å². The topological polar surface area (TPSA) is 100 Å². The van der Waals surface area contributed by atoms with Crippen LogP contribution < -0.4 is 21.1 Å². The molecule has 0 radical (unpaired) electrons. The van der Waals surface area contributed by atoms with Gasteiger partial charge in [0.2, 0.25) is 5.91 Å². The summed E-state index contributed by atoms with van der Waals surface area (Å²) in [6.07, 6.45) is -4.41. The summed E-state index contributed by atoms with van der Waals surface area (Å²) in [5, 5.41) is 13.0. The molecule has 1 saturated heterocycles. The molecule has 9 heteroatoms. The number of nitrogen functional groups attached to an aromatic ring is 1. The predicted molar refractivity (Wildman–Crippen MR) is 98.4 cm³/mol. The maximum Gasteiger partial charge on any atom is 0.416 e. The highest BCUT2D eigenvalue weighted by Crippen LogP contribution is 2.30. The molecule has 148 valence electrons. The Kier molecular flexibility index (Phi) is 5.55. The summed E-state index contributed by atoms with van der Waals surface area (Å²) in [4.78, 5) is 12.4. The van der Waals surface area contributed by atoms with Gasteiger partial charge in [-0.2, -0.15) is 13.2 Å². The highest BCUT2D eigenvalue weighted by atomic mass is 19.4. The third-order valence-electron chi connectivity index (χ3n) is 4.31. The Labute approximate surface area is 159 Å². The maximum atomic E-state index is 12.8. The Hall–Kier alpha value is -3.07. The fraction of sp³-hybridized carbons (Fsp3) is 0.263. The van der Waals surface area contributed by atoms with E-state index in [1.54, 1.807) is 24.3 Å². The summed E-state index contributed by atoms with van der Waals surface area (Å²) in [7, 11) is 0. The molecule has 1 amide bonds. The summed E-state index contributed by atoms with van der Waals surface area (Å²) in [6, 6.07) is 10.7. The van der Waals surface area contributed by atoms with Gasteiger partial charge in [0, 0.05) is 24.2 Å². The SMILES string of the molecule is N=C(N)c1cccc(O[C@H]2CN[C@H](C(=O)Nc3cccc(C(F)(F)F)c3)C2)c1. The number of nitrogens with two attached hydrogens (primary N) is 1. The Bertz CT molecular complexity index is 885. The quantitative estimate of drug-likeness (QED) is 0.464. The second-order valence-electron chi connectivity index (χ2n) is 6.45. The molecule has 0 saturated carbocycles. The van der Waals surface area contributed by atoms with Crippen molar-refractivity contribution in [3.63, 3.8) is 0 Å². The first kappa shape index (κ1) is 19.7. The van der Waals surface area contributed by atoms with Crippen LogP contribution in [0.4, 0.5) is 18.9 Å². The van der Waals surface area contributed by atoms with Crippen molar-refractivity contribution < 1.29 is 22.7 Å². The van der Waals surface area contributed by atoms with Crippen molar-refractivity contribution in [2.24, 2.45) is 5.73 Å². The van der Waals surface area contributed by atoms with E-state index in [-0.39, 0.29) is 17.6 Å². The van der Waals surface area contributed by atoms with Gasteiger partial charge < -0.3 is 21.1 Å². The molecule has 1 aliphatic heterocycles. The number of carbonyl (C=O) groups is 1. The number of anilines is 1. The van der Waals surface area contributed by atoms with E-state index in [0.717, 1.165) is 12.1 Å². The van der Waals surface area contributed by atoms with E-state index >= 15 is 0 Å². The van der Waals surface area contributed by atoms with Crippen LogP contribution in [-0.4, -0.2) is 30.4 Å². The lowest BCUT2D eigenvalue weighted by Crippen LogP contribution is -2.35. The summed E-state index contributed by atoms with van der Waals surface area (Å²) in [5.41, 5.74) is 5.25. The number of carbonyl (C=O) groups excluding carboxylic acids is 1. The van der Waals surface area contributed by atoms with Crippen LogP contribution in [0.5, 0.6) is 5.75 Å². The van der Waals surface area contributed by atoms with Gasteiger partial charge in [-0.3, -0.25) is 10.2 Å². The van der Waals surface area contributed by atoms with Crippen molar-refractivity contribution in [1.29, 1.82) is 5.41 Å². The average Bonchev–Trinajstić information content (AvgIpc) is 3.10. The third-order valence-corrected chi connectivity index (χ3v) is 4.31. The highest BCUT2D eigenvalue weighted by Gasteiger charge is 2.32. The zero-order valence-corrected chi connectivity index (χ0v) is 14.7. The van der Waals surface area contributed by atoms with Crippen molar-refractivity contribution in [3.05, 3.63) is 59.7 Å². The molecule has 2 atom stereocenters. The Balaban J connectivity index is 1.59. The number of hydrogen-bond donors (Lipinski definition) is 4. The van der Waals surface area contributed by atoms with Crippen LogP contribution in [0, 0.1) is 5.41 Å². The van der Waals surface area contributed by atoms with Crippen LogP contribution >= 0.6 is 0 Å². The number of rotatable bonds is 5. The predicted octanol–water partition coefficient (Wildman–Crippen LogP) is 2.74. The maximum absolute atomic E-state index is 12.8. The molecule has 2 aromatic rings. The monoisotopic (exact) mass is 392 g/mol. The van der Waals surface area contributed by atoms with E-state index in [0.29, 0.717) is 24.3 Å². The molecule has 28 heavy (non-hydrogen) atoms. The van der Waals surface area contributed by atoms with Crippen molar-refractivity contribution in [2.75, 3.05) is 11.9 Å². The van der Waals surface area contributed by atoms with E-state index in [1.807, 2.05) is 0 Å². The van der Waals surface area contributed by atoms with Crippen LogP contribution in [0.1, 0.15) is 17.5 Å². The Morgan fingerprint density at radius 3 is 2.68 bits per heavy atom. The van der Waals surface area contributed by atoms with E-state index in [4.69, 9.17) is 15.9 Å². The van der Waals surface area contributed by atoms with Crippen LogP contribution in [0.3, 0.4) is 0 Å². The zero-order chi connectivity index (χ0) is 20.3. The molecule has 2 aromatic carbocycles. The third kappa shape index (κ3) is 4.80. The van der Waals surface area contributed by atoms with E-state index < -0.39 is 23.7 Å². The number of ether oxygens (including phenoxy) is 1. The first-order valence-electron chi connectivity index (χ1n) is 8.55. The molecule has 0 spiro atoms. The standard InChI is InChI=1S/C19H19F3N4O2/c20-19(21,22)12-4-2-5-13(8-12)26-18(27)16-9-15(10-25-16)28-14-6-1-3-11(7-14)17(23)24/h1-8,15-16,25H,9-10H2,(H3,23,24)(H,26,27)/t15-,16+/m1/s1. The van der Waals surface area contributed by atoms with Crippen LogP contribution in [0.2, 0.25) is 0 Å². The summed E-state index contributed by atoms with van der Waals surface area (Å²) in [6.45, 7) is 0.408. The molecule has 0 aliphatic carbocycles. The molecule has 0 bridgehead atoms. The molecule has 6 nitrogen and oxygen atoms in total. The molecule has 1 aliphatic rings. The van der Waals surface area contributed by atoms with Gasteiger partial charge in [0.25, 0.3) is 0 Å². The minimum Gasteiger partial charge on any atom is -0.489 e. The van der Waals surface area contributed by atoms with E-state index in [2.05, 4.69) is 10.6 Å². The van der Waals surface area contributed by atoms with Crippen LogP contribution in [0.25, 0.3) is 0 Å². The number of amides is 1.